The number of nitrogens with two attached hydrogens (primary N) is 1. The first kappa shape index (κ1) is 11.1. The molecule has 0 aliphatic rings. The first-order chi connectivity index (χ1) is 7.56. The summed E-state index contributed by atoms with van der Waals surface area (Å²) in [5, 5.41) is 12.0. The Morgan fingerprint density at radius 1 is 1.75 bits per heavy atom. The third-order valence-electron chi connectivity index (χ3n) is 1.77. The molecule has 0 spiro atoms. The van der Waals surface area contributed by atoms with E-state index < -0.39 is 0 Å². The zero-order chi connectivity index (χ0) is 11.7. The Morgan fingerprint density at radius 2 is 2.50 bits per heavy atom. The second-order valence-electron chi connectivity index (χ2n) is 3.08. The molecular weight excluding hydrogens is 246 g/mol. The Kier molecular flexibility index (Phi) is 2.92. The van der Waals surface area contributed by atoms with Crippen molar-refractivity contribution in [3.63, 3.8) is 0 Å². The van der Waals surface area contributed by atoms with Gasteiger partial charge in [0, 0.05) is 11.8 Å². The van der Waals surface area contributed by atoms with Gasteiger partial charge in [0.15, 0.2) is 5.17 Å². The van der Waals surface area contributed by atoms with Crippen LogP contribution in [0.3, 0.4) is 0 Å². The number of hydrogen-bond acceptors (Lipinski definition) is 6. The van der Waals surface area contributed by atoms with E-state index in [1.165, 1.54) is 33.7 Å². The smallest absolute Gasteiger partial charge is 0.275 e. The minimum Gasteiger partial charge on any atom is -0.379 e. The van der Waals surface area contributed by atoms with Crippen LogP contribution >= 0.6 is 23.1 Å². The summed E-state index contributed by atoms with van der Waals surface area (Å²) < 4.78 is 1.27. The lowest BCUT2D eigenvalue weighted by molar-refractivity contribution is 0.870. The van der Waals surface area contributed by atoms with Gasteiger partial charge in [0.1, 0.15) is 5.01 Å². The zero-order valence-corrected chi connectivity index (χ0v) is 10.1. The summed E-state index contributed by atoms with van der Waals surface area (Å²) in [4.78, 5) is 16.3. The quantitative estimate of drug-likeness (QED) is 0.604. The highest BCUT2D eigenvalue weighted by Gasteiger charge is 2.07. The van der Waals surface area contributed by atoms with Crippen LogP contribution in [-0.4, -0.2) is 19.8 Å². The number of nitrogens with one attached hydrogen (secondary N) is 1. The number of aromatic nitrogens is 3. The van der Waals surface area contributed by atoms with Gasteiger partial charge in [-0.3, -0.25) is 10.2 Å². The van der Waals surface area contributed by atoms with Gasteiger partial charge in [-0.25, -0.2) is 4.98 Å². The summed E-state index contributed by atoms with van der Waals surface area (Å²) in [6.45, 7) is 1.77. The van der Waals surface area contributed by atoms with E-state index in [0.717, 1.165) is 5.01 Å². The van der Waals surface area contributed by atoms with E-state index >= 15 is 0 Å². The molecule has 0 atom stereocenters. The molecule has 0 saturated carbocycles. The van der Waals surface area contributed by atoms with Crippen LogP contribution in [0.15, 0.2) is 10.9 Å². The third-order valence-corrected chi connectivity index (χ3v) is 3.59. The lowest BCUT2D eigenvalue weighted by atomic mass is 10.5. The molecule has 0 aliphatic carbocycles. The minimum absolute atomic E-state index is 0.0377. The Morgan fingerprint density at radius 3 is 3.19 bits per heavy atom. The van der Waals surface area contributed by atoms with Gasteiger partial charge in [0.05, 0.1) is 5.75 Å². The number of nitrogens with zero attached hydrogens (tertiary/aromatic N) is 3. The van der Waals surface area contributed by atoms with Crippen molar-refractivity contribution in [2.45, 2.75) is 12.7 Å². The molecule has 2 aromatic rings. The number of fused-ring (bicyclic) bond motifs is 1. The van der Waals surface area contributed by atoms with Crippen molar-refractivity contribution in [1.82, 2.24) is 14.6 Å². The van der Waals surface area contributed by atoms with Crippen LogP contribution in [0.5, 0.6) is 0 Å². The normalized spacial score (nSPS) is 10.8. The van der Waals surface area contributed by atoms with Crippen molar-refractivity contribution in [3.05, 3.63) is 27.1 Å². The van der Waals surface area contributed by atoms with E-state index in [0.29, 0.717) is 16.4 Å². The fourth-order valence-corrected chi connectivity index (χ4v) is 2.65. The number of hydrogen-bond donors (Lipinski definition) is 2. The second-order valence-corrected chi connectivity index (χ2v) is 5.14. The van der Waals surface area contributed by atoms with Gasteiger partial charge < -0.3 is 5.73 Å². The molecule has 0 aliphatic heterocycles. The molecule has 0 aromatic carbocycles. The summed E-state index contributed by atoms with van der Waals surface area (Å²) in [6.07, 6.45) is 0. The van der Waals surface area contributed by atoms with Gasteiger partial charge in [-0.05, 0) is 6.92 Å². The lowest BCUT2D eigenvalue weighted by Gasteiger charge is -1.91. The fourth-order valence-electron chi connectivity index (χ4n) is 1.16. The maximum absolute atomic E-state index is 11.5. The monoisotopic (exact) mass is 255 g/mol. The molecule has 2 rings (SSSR count). The molecule has 0 amide bonds. The van der Waals surface area contributed by atoms with E-state index in [1.807, 2.05) is 0 Å². The summed E-state index contributed by atoms with van der Waals surface area (Å²) in [5.41, 5.74) is 5.72. The maximum atomic E-state index is 11.5. The van der Waals surface area contributed by atoms with Crippen LogP contribution in [0, 0.1) is 12.3 Å². The van der Waals surface area contributed by atoms with Crippen LogP contribution in [0.1, 0.15) is 10.7 Å². The van der Waals surface area contributed by atoms with Crippen molar-refractivity contribution in [3.8, 4) is 0 Å². The number of thioether (sulfide) groups is 1. The number of amidine groups is 1. The molecule has 2 heterocycles. The Hall–Kier alpha value is -1.41. The third kappa shape index (κ3) is 2.22. The van der Waals surface area contributed by atoms with Gasteiger partial charge in [0.2, 0.25) is 4.96 Å². The summed E-state index contributed by atoms with van der Waals surface area (Å²) >= 11 is 2.51. The first-order valence-corrected chi connectivity index (χ1v) is 6.19. The van der Waals surface area contributed by atoms with E-state index in [9.17, 15) is 4.79 Å². The van der Waals surface area contributed by atoms with Crippen molar-refractivity contribution >= 4 is 33.2 Å². The molecule has 8 heteroatoms. The maximum Gasteiger partial charge on any atom is 0.275 e. The van der Waals surface area contributed by atoms with E-state index in [1.54, 1.807) is 6.92 Å². The van der Waals surface area contributed by atoms with Crippen LogP contribution in [0.4, 0.5) is 0 Å². The molecule has 0 bridgehead atoms. The fraction of sp³-hybridized carbons (Fsp3) is 0.250. The van der Waals surface area contributed by atoms with Crippen LogP contribution in [-0.2, 0) is 5.75 Å². The molecule has 0 fully saturated rings. The summed E-state index contributed by atoms with van der Waals surface area (Å²) in [5.74, 6) is 0.488. The Labute approximate surface area is 99.0 Å². The molecule has 84 valence electrons. The standard InChI is InChI=1S/C8H9N5OS2/c1-4-2-6(14)13-8(11-4)16-5(12-13)3-15-7(9)10/h2H,3H2,1H3,(H3,9,10). The number of aryl methyl sites for hydroxylation is 1. The lowest BCUT2D eigenvalue weighted by Crippen LogP contribution is -2.14. The van der Waals surface area contributed by atoms with Crippen molar-refractivity contribution < 1.29 is 0 Å². The van der Waals surface area contributed by atoms with Crippen LogP contribution in [0.25, 0.3) is 4.96 Å². The highest BCUT2D eigenvalue weighted by Crippen LogP contribution is 2.17. The van der Waals surface area contributed by atoms with Gasteiger partial charge in [-0.2, -0.15) is 9.61 Å². The van der Waals surface area contributed by atoms with Gasteiger partial charge in [-0.15, -0.1) is 0 Å². The predicted molar refractivity (Wildman–Crippen MR) is 65.1 cm³/mol. The molecule has 16 heavy (non-hydrogen) atoms. The second kappa shape index (κ2) is 4.22. The molecule has 0 radical (unpaired) electrons. The highest BCUT2D eigenvalue weighted by molar-refractivity contribution is 8.13. The summed E-state index contributed by atoms with van der Waals surface area (Å²) in [6, 6.07) is 1.44. The average Bonchev–Trinajstić information content (AvgIpc) is 2.57. The highest BCUT2D eigenvalue weighted by atomic mass is 32.2. The van der Waals surface area contributed by atoms with Crippen LogP contribution in [0.2, 0.25) is 0 Å². The Balaban J connectivity index is 2.40. The molecular formula is C8H9N5OS2. The number of rotatable bonds is 2. The van der Waals surface area contributed by atoms with Gasteiger partial charge in [0.25, 0.3) is 5.56 Å². The van der Waals surface area contributed by atoms with Crippen molar-refractivity contribution in [2.24, 2.45) is 5.73 Å². The Bertz CT molecular complexity index is 602. The van der Waals surface area contributed by atoms with E-state index in [2.05, 4.69) is 10.1 Å². The minimum atomic E-state index is -0.183. The average molecular weight is 255 g/mol. The molecule has 0 unspecified atom stereocenters. The first-order valence-electron chi connectivity index (χ1n) is 4.39. The van der Waals surface area contributed by atoms with Gasteiger partial charge >= 0.3 is 0 Å². The molecule has 0 saturated heterocycles. The van der Waals surface area contributed by atoms with Gasteiger partial charge in [-0.1, -0.05) is 23.1 Å². The van der Waals surface area contributed by atoms with E-state index in [-0.39, 0.29) is 10.7 Å². The zero-order valence-electron chi connectivity index (χ0n) is 8.43. The topological polar surface area (TPSA) is 97.1 Å². The largest absolute Gasteiger partial charge is 0.379 e. The van der Waals surface area contributed by atoms with Crippen molar-refractivity contribution in [1.29, 1.82) is 5.41 Å². The van der Waals surface area contributed by atoms with Crippen molar-refractivity contribution in [2.75, 3.05) is 0 Å². The molecule has 3 N–H and O–H groups in total. The SMILES string of the molecule is Cc1cc(=O)n2nc(CSC(=N)N)sc2n1. The van der Waals surface area contributed by atoms with Crippen LogP contribution < -0.4 is 11.3 Å². The molecule has 6 nitrogen and oxygen atoms in total. The van der Waals surface area contributed by atoms with E-state index in [4.69, 9.17) is 11.1 Å². The summed E-state index contributed by atoms with van der Waals surface area (Å²) in [7, 11) is 0. The predicted octanol–water partition coefficient (Wildman–Crippen LogP) is 0.586. The molecule has 2 aromatic heterocycles.